The summed E-state index contributed by atoms with van der Waals surface area (Å²) in [6.45, 7) is 6.53. The van der Waals surface area contributed by atoms with E-state index >= 15 is 0 Å². The van der Waals surface area contributed by atoms with Crippen LogP contribution in [0.15, 0.2) is 122 Å². The first-order chi connectivity index (χ1) is 35.9. The first kappa shape index (κ1) is 70.4. The predicted octanol–water partition coefficient (Wildman–Crippen LogP) is 17.3. The van der Waals surface area contributed by atoms with Crippen LogP contribution in [0.25, 0.3) is 0 Å². The van der Waals surface area contributed by atoms with Crippen molar-refractivity contribution in [2.24, 2.45) is 0 Å². The zero-order valence-corrected chi connectivity index (χ0v) is 48.9. The standard InChI is InChI=1S/C64H109N2O7P/c1-7-10-13-16-19-22-25-28-29-30-31-32-33-34-35-36-37-39-42-45-48-51-54-57-64(68)73-62(55-52-49-46-43-40-27-24-21-18-15-12-9-3)61(60-72-74(69,70)71-59-58-66(4,5)6)65-63(67)56-53-50-47-44-41-38-26-23-20-17-14-11-8-2/h10-11,13-14,17,19-20,22-23,26,28-29,31-32,34-35,37,39,52,55,61-62H,7-9,12,15-16,18,21,24-25,27,30,33,36,38,40-51,53-54,56-60H2,1-6H3,(H-,65,67,69,70)/b13-10-,14-11+,20-17+,22-19-,26-23-,29-28-,32-31-,35-34-,39-37-,55-52-. The summed E-state index contributed by atoms with van der Waals surface area (Å²) in [6.07, 6.45) is 73.1. The molecule has 0 aromatic rings. The summed E-state index contributed by atoms with van der Waals surface area (Å²) in [7, 11) is 1.13. The second-order valence-corrected chi connectivity index (χ2v) is 21.9. The van der Waals surface area contributed by atoms with Crippen LogP contribution in [0.2, 0.25) is 0 Å². The van der Waals surface area contributed by atoms with Gasteiger partial charge in [-0.05, 0) is 102 Å². The van der Waals surface area contributed by atoms with Crippen molar-refractivity contribution in [1.29, 1.82) is 0 Å². The van der Waals surface area contributed by atoms with Crippen LogP contribution >= 0.6 is 7.82 Å². The number of likely N-dealkylation sites (N-methyl/N-ethyl adjacent to an activating group) is 1. The van der Waals surface area contributed by atoms with Crippen LogP contribution in [0, 0.1) is 0 Å². The molecule has 0 rings (SSSR count). The van der Waals surface area contributed by atoms with E-state index < -0.39 is 26.6 Å². The van der Waals surface area contributed by atoms with Crippen molar-refractivity contribution in [1.82, 2.24) is 5.32 Å². The van der Waals surface area contributed by atoms with Gasteiger partial charge in [0.25, 0.3) is 7.82 Å². The molecule has 0 aliphatic carbocycles. The van der Waals surface area contributed by atoms with Gasteiger partial charge in [-0.25, -0.2) is 0 Å². The topological polar surface area (TPSA) is 114 Å². The Morgan fingerprint density at radius 2 is 0.932 bits per heavy atom. The Labute approximate surface area is 454 Å². The Balaban J connectivity index is 5.34. The fraction of sp³-hybridized carbons (Fsp3) is 0.656. The van der Waals surface area contributed by atoms with Gasteiger partial charge in [0.05, 0.1) is 33.8 Å². The largest absolute Gasteiger partial charge is 0.756 e. The van der Waals surface area contributed by atoms with Gasteiger partial charge in [0.15, 0.2) is 0 Å². The molecule has 0 saturated heterocycles. The van der Waals surface area contributed by atoms with E-state index in [4.69, 9.17) is 13.8 Å². The second kappa shape index (κ2) is 52.8. The molecule has 0 spiro atoms. The monoisotopic (exact) mass is 1050 g/mol. The Morgan fingerprint density at radius 1 is 0.500 bits per heavy atom. The van der Waals surface area contributed by atoms with Gasteiger partial charge < -0.3 is 28.5 Å². The van der Waals surface area contributed by atoms with Gasteiger partial charge in [-0.2, -0.15) is 0 Å². The molecule has 0 aromatic heterocycles. The minimum Gasteiger partial charge on any atom is -0.756 e. The van der Waals surface area contributed by atoms with Crippen molar-refractivity contribution in [3.05, 3.63) is 122 Å². The van der Waals surface area contributed by atoms with Crippen molar-refractivity contribution < 1.29 is 37.3 Å². The molecule has 10 heteroatoms. The Hall–Kier alpha value is -3.59. The van der Waals surface area contributed by atoms with Crippen LogP contribution in [-0.4, -0.2) is 69.4 Å². The zero-order chi connectivity index (χ0) is 54.3. The molecule has 422 valence electrons. The van der Waals surface area contributed by atoms with E-state index in [9.17, 15) is 19.0 Å². The van der Waals surface area contributed by atoms with E-state index in [1.54, 1.807) is 0 Å². The summed E-state index contributed by atoms with van der Waals surface area (Å²) in [5, 5.41) is 3.00. The molecule has 0 aliphatic heterocycles. The van der Waals surface area contributed by atoms with Crippen LogP contribution in [-0.2, 0) is 27.9 Å². The quantitative estimate of drug-likeness (QED) is 0.0161. The van der Waals surface area contributed by atoms with Gasteiger partial charge in [0.2, 0.25) is 5.91 Å². The van der Waals surface area contributed by atoms with Crippen molar-refractivity contribution in [2.75, 3.05) is 40.9 Å². The number of unbranched alkanes of at least 4 members (excludes halogenated alkanes) is 19. The average molecular weight is 1050 g/mol. The minimum atomic E-state index is -4.71. The number of nitrogens with zero attached hydrogens (tertiary/aromatic N) is 1. The fourth-order valence-corrected chi connectivity index (χ4v) is 8.42. The molecule has 0 fully saturated rings. The van der Waals surface area contributed by atoms with Gasteiger partial charge >= 0.3 is 5.97 Å². The first-order valence-electron chi connectivity index (χ1n) is 29.4. The average Bonchev–Trinajstić information content (AvgIpc) is 3.36. The maximum atomic E-state index is 13.5. The molecular weight excluding hydrogens is 940 g/mol. The normalized spacial score (nSPS) is 14.6. The lowest BCUT2D eigenvalue weighted by atomic mass is 10.0. The zero-order valence-electron chi connectivity index (χ0n) is 48.0. The molecule has 0 aliphatic rings. The van der Waals surface area contributed by atoms with E-state index in [0.717, 1.165) is 122 Å². The molecule has 0 bridgehead atoms. The van der Waals surface area contributed by atoms with Crippen molar-refractivity contribution in [3.63, 3.8) is 0 Å². The molecule has 9 nitrogen and oxygen atoms in total. The number of carbonyl (C=O) groups is 2. The number of ether oxygens (including phenoxy) is 1. The van der Waals surface area contributed by atoms with Gasteiger partial charge in [0.1, 0.15) is 19.3 Å². The maximum Gasteiger partial charge on any atom is 0.306 e. The molecule has 0 radical (unpaired) electrons. The van der Waals surface area contributed by atoms with Crippen LogP contribution in [0.3, 0.4) is 0 Å². The lowest BCUT2D eigenvalue weighted by Gasteiger charge is -2.30. The number of amides is 1. The van der Waals surface area contributed by atoms with Gasteiger partial charge in [-0.1, -0.05) is 226 Å². The third kappa shape index (κ3) is 53.2. The van der Waals surface area contributed by atoms with Crippen LogP contribution < -0.4 is 10.2 Å². The van der Waals surface area contributed by atoms with Gasteiger partial charge in [-0.3, -0.25) is 14.2 Å². The number of esters is 1. The smallest absolute Gasteiger partial charge is 0.306 e. The van der Waals surface area contributed by atoms with E-state index in [0.29, 0.717) is 23.9 Å². The van der Waals surface area contributed by atoms with Crippen LogP contribution in [0.1, 0.15) is 220 Å². The summed E-state index contributed by atoms with van der Waals surface area (Å²) in [5.41, 5.74) is 0. The number of quaternary nitrogens is 1. The molecule has 0 aromatic carbocycles. The van der Waals surface area contributed by atoms with Crippen LogP contribution in [0.5, 0.6) is 0 Å². The second-order valence-electron chi connectivity index (χ2n) is 20.4. The van der Waals surface area contributed by atoms with Crippen LogP contribution in [0.4, 0.5) is 0 Å². The number of carbonyl (C=O) groups excluding carboxylic acids is 2. The SMILES string of the molecule is CC/C=C\C/C=C\C/C=C\C/C=C\C/C=C\C/C=C\CCCCCCC(=O)OC(/C=C\CCCCCCCCCCCC)C(COP(=O)([O-])OCC[N+](C)(C)C)NC(=O)CCCCCCC\C=C/C=C/C=C/CC. The Bertz CT molecular complexity index is 1680. The van der Waals surface area contributed by atoms with Gasteiger partial charge in [-0.15, -0.1) is 0 Å². The van der Waals surface area contributed by atoms with Gasteiger partial charge in [0, 0.05) is 12.8 Å². The number of allylic oxidation sites excluding steroid dienone is 19. The molecule has 3 unspecified atom stereocenters. The molecule has 74 heavy (non-hydrogen) atoms. The summed E-state index contributed by atoms with van der Waals surface area (Å²) in [5.74, 6) is -0.605. The summed E-state index contributed by atoms with van der Waals surface area (Å²) >= 11 is 0. The van der Waals surface area contributed by atoms with E-state index in [1.807, 2.05) is 39.4 Å². The van der Waals surface area contributed by atoms with Crippen molar-refractivity contribution in [3.8, 4) is 0 Å². The van der Waals surface area contributed by atoms with E-state index in [-0.39, 0.29) is 31.3 Å². The van der Waals surface area contributed by atoms with Crippen molar-refractivity contribution >= 4 is 19.7 Å². The highest BCUT2D eigenvalue weighted by atomic mass is 31.2. The third-order valence-electron chi connectivity index (χ3n) is 12.2. The molecule has 3 atom stereocenters. The first-order valence-corrected chi connectivity index (χ1v) is 30.8. The molecule has 0 heterocycles. The number of hydrogen-bond donors (Lipinski definition) is 1. The molecular formula is C64H109N2O7P. The molecule has 1 N–H and O–H groups in total. The lowest BCUT2D eigenvalue weighted by Crippen LogP contribution is -2.47. The number of rotatable bonds is 51. The fourth-order valence-electron chi connectivity index (χ4n) is 7.70. The number of phosphoric acid groups is 1. The minimum absolute atomic E-state index is 0.0378. The molecule has 1 amide bonds. The van der Waals surface area contributed by atoms with Crippen molar-refractivity contribution in [2.45, 2.75) is 232 Å². The maximum absolute atomic E-state index is 13.5. The number of phosphoric ester groups is 1. The highest BCUT2D eigenvalue weighted by Gasteiger charge is 2.27. The molecule has 0 saturated carbocycles. The predicted molar refractivity (Wildman–Crippen MR) is 316 cm³/mol. The Morgan fingerprint density at radius 3 is 1.45 bits per heavy atom. The summed E-state index contributed by atoms with van der Waals surface area (Å²) in [6, 6.07) is -0.917. The summed E-state index contributed by atoms with van der Waals surface area (Å²) < 4.78 is 30.2. The lowest BCUT2D eigenvalue weighted by molar-refractivity contribution is -0.870. The number of hydrogen-bond acceptors (Lipinski definition) is 7. The van der Waals surface area contributed by atoms with E-state index in [2.05, 4.69) is 129 Å². The highest BCUT2D eigenvalue weighted by Crippen LogP contribution is 2.38. The third-order valence-corrected chi connectivity index (χ3v) is 13.2. The highest BCUT2D eigenvalue weighted by molar-refractivity contribution is 7.45. The number of nitrogens with one attached hydrogen (secondary N) is 1. The van der Waals surface area contributed by atoms with E-state index in [1.165, 1.54) is 51.4 Å². The summed E-state index contributed by atoms with van der Waals surface area (Å²) in [4.78, 5) is 39.9. The Kier molecular flexibility index (Phi) is 50.3.